The molecule has 2 aliphatic heterocycles. The third kappa shape index (κ3) is 6.61. The molecule has 11 heteroatoms. The minimum atomic E-state index is -0.845. The molecular weight excluding hydrogens is 580 g/mol. The van der Waals surface area contributed by atoms with Crippen LogP contribution in [-0.4, -0.2) is 88.2 Å². The molecule has 0 spiro atoms. The molecule has 0 saturated carbocycles. The van der Waals surface area contributed by atoms with Crippen LogP contribution < -0.4 is 10.2 Å². The second-order valence-corrected chi connectivity index (χ2v) is 12.1. The van der Waals surface area contributed by atoms with Crippen molar-refractivity contribution in [1.82, 2.24) is 25.1 Å². The van der Waals surface area contributed by atoms with Crippen LogP contribution in [0, 0.1) is 0 Å². The van der Waals surface area contributed by atoms with E-state index in [1.54, 1.807) is 51.1 Å². The zero-order chi connectivity index (χ0) is 31.5. The van der Waals surface area contributed by atoms with Gasteiger partial charge in [0.1, 0.15) is 18.0 Å². The molecule has 2 atom stereocenters. The molecule has 2 aliphatic rings. The quantitative estimate of drug-likeness (QED) is 0.395. The van der Waals surface area contributed by atoms with E-state index in [0.717, 1.165) is 22.4 Å². The Hall–Kier alpha value is -4.28. The summed E-state index contributed by atoms with van der Waals surface area (Å²) in [6.45, 7) is 4.84. The monoisotopic (exact) mass is 618 g/mol. The minimum Gasteiger partial charge on any atom is -0.508 e. The number of hydrogen-bond donors (Lipinski definition) is 2. The molecule has 232 valence electrons. The number of piperazine rings is 1. The van der Waals surface area contributed by atoms with Crippen LogP contribution in [0.4, 0.5) is 10.5 Å². The smallest absolute Gasteiger partial charge is 0.334 e. The first-order valence-corrected chi connectivity index (χ1v) is 15.1. The van der Waals surface area contributed by atoms with Gasteiger partial charge < -0.3 is 25.1 Å². The molecule has 3 aromatic carbocycles. The van der Waals surface area contributed by atoms with Crippen molar-refractivity contribution in [2.75, 3.05) is 32.1 Å². The highest BCUT2D eigenvalue weighted by atomic mass is 35.5. The van der Waals surface area contributed by atoms with E-state index in [2.05, 4.69) is 24.1 Å². The van der Waals surface area contributed by atoms with E-state index in [1.807, 2.05) is 55.6 Å². The fourth-order valence-corrected chi connectivity index (χ4v) is 6.01. The standard InChI is InChI=1S/C33H39ClN6O4/c1-22(2)37(4)28-17-26(34)13-12-25(28)19-38-20-30-39(29(32(38)43)16-23-10-14-27(41)15-11-23)31(42)21-36(3)40(30)33(44)35-18-24-8-6-5-7-9-24/h5-15,17,22,29-30,41H,16,18-21H2,1-4H3,(H,35,44)/t29-,30+/m0/s1. The third-order valence-electron chi connectivity index (χ3n) is 8.36. The van der Waals surface area contributed by atoms with Crippen LogP contribution in [0.5, 0.6) is 5.75 Å². The maximum absolute atomic E-state index is 14.3. The molecule has 0 bridgehead atoms. The summed E-state index contributed by atoms with van der Waals surface area (Å²) >= 11 is 6.39. The number of likely N-dealkylation sites (N-methyl/N-ethyl adjacent to an activating group) is 1. The number of aromatic hydroxyl groups is 1. The fraction of sp³-hybridized carbons (Fsp3) is 0.364. The summed E-state index contributed by atoms with van der Waals surface area (Å²) in [6, 6.07) is 20.8. The SMILES string of the molecule is CC(C)N(C)c1cc(Cl)ccc1CN1C[C@@H]2N(C(=O)CN(C)N2C(=O)NCc2ccccc2)[C@@H](Cc2ccc(O)cc2)C1=O. The number of fused-ring (bicyclic) bond motifs is 1. The maximum atomic E-state index is 14.3. The molecule has 2 fully saturated rings. The van der Waals surface area contributed by atoms with Gasteiger partial charge >= 0.3 is 6.03 Å². The molecule has 10 nitrogen and oxygen atoms in total. The maximum Gasteiger partial charge on any atom is 0.334 e. The molecule has 2 heterocycles. The van der Waals surface area contributed by atoms with Gasteiger partial charge in [0.2, 0.25) is 11.8 Å². The van der Waals surface area contributed by atoms with E-state index in [-0.39, 0.29) is 55.7 Å². The van der Waals surface area contributed by atoms with Gasteiger partial charge in [-0.15, -0.1) is 0 Å². The van der Waals surface area contributed by atoms with E-state index in [1.165, 1.54) is 0 Å². The lowest BCUT2D eigenvalue weighted by molar-refractivity contribution is -0.187. The summed E-state index contributed by atoms with van der Waals surface area (Å²) in [5.41, 5.74) is 3.56. The Morgan fingerprint density at radius 1 is 1.05 bits per heavy atom. The Labute approximate surface area is 263 Å². The highest BCUT2D eigenvalue weighted by Gasteiger charge is 2.50. The van der Waals surface area contributed by atoms with Crippen LogP contribution >= 0.6 is 11.6 Å². The highest BCUT2D eigenvalue weighted by Crippen LogP contribution is 2.32. The van der Waals surface area contributed by atoms with Gasteiger partial charge in [-0.1, -0.05) is 60.1 Å². The summed E-state index contributed by atoms with van der Waals surface area (Å²) in [5.74, 6) is -0.317. The lowest BCUT2D eigenvalue weighted by Crippen LogP contribution is -2.76. The summed E-state index contributed by atoms with van der Waals surface area (Å²) < 4.78 is 0. The van der Waals surface area contributed by atoms with E-state index in [9.17, 15) is 19.5 Å². The van der Waals surface area contributed by atoms with Crippen molar-refractivity contribution >= 4 is 35.1 Å². The number of hydrazine groups is 1. The van der Waals surface area contributed by atoms with Gasteiger partial charge in [0.05, 0.1) is 13.1 Å². The predicted molar refractivity (Wildman–Crippen MR) is 170 cm³/mol. The molecule has 2 saturated heterocycles. The van der Waals surface area contributed by atoms with E-state index >= 15 is 0 Å². The number of hydrogen-bond acceptors (Lipinski definition) is 6. The van der Waals surface area contributed by atoms with Crippen LogP contribution in [0.15, 0.2) is 72.8 Å². The Bertz CT molecular complexity index is 1500. The molecule has 0 radical (unpaired) electrons. The summed E-state index contributed by atoms with van der Waals surface area (Å²) in [4.78, 5) is 47.0. The molecule has 44 heavy (non-hydrogen) atoms. The highest BCUT2D eigenvalue weighted by molar-refractivity contribution is 6.30. The largest absolute Gasteiger partial charge is 0.508 e. The van der Waals surface area contributed by atoms with Gasteiger partial charge in [-0.2, -0.15) is 0 Å². The van der Waals surface area contributed by atoms with Gasteiger partial charge in [0.25, 0.3) is 0 Å². The molecule has 5 rings (SSSR count). The van der Waals surface area contributed by atoms with Gasteiger partial charge in [0, 0.05) is 50.4 Å². The topological polar surface area (TPSA) is 99.7 Å². The summed E-state index contributed by atoms with van der Waals surface area (Å²) in [7, 11) is 3.70. The lowest BCUT2D eigenvalue weighted by atomic mass is 9.98. The molecule has 0 unspecified atom stereocenters. The number of nitrogens with one attached hydrogen (secondary N) is 1. The molecular formula is C33H39ClN6O4. The average Bonchev–Trinajstić information content (AvgIpc) is 3.00. The third-order valence-corrected chi connectivity index (χ3v) is 8.60. The number of carbonyl (C=O) groups is 3. The molecule has 2 N–H and O–H groups in total. The first-order valence-electron chi connectivity index (χ1n) is 14.7. The van der Waals surface area contributed by atoms with Crippen LogP contribution in [-0.2, 0) is 29.1 Å². The number of anilines is 1. The minimum absolute atomic E-state index is 0.0465. The van der Waals surface area contributed by atoms with Gasteiger partial charge in [0.15, 0.2) is 0 Å². The van der Waals surface area contributed by atoms with Crippen molar-refractivity contribution in [2.24, 2.45) is 0 Å². The van der Waals surface area contributed by atoms with Crippen molar-refractivity contribution in [3.63, 3.8) is 0 Å². The number of phenols is 1. The van der Waals surface area contributed by atoms with Gasteiger partial charge in [-0.05, 0) is 54.8 Å². The Balaban J connectivity index is 1.50. The number of halogens is 1. The van der Waals surface area contributed by atoms with E-state index < -0.39 is 12.2 Å². The summed E-state index contributed by atoms with van der Waals surface area (Å²) in [5, 5.41) is 16.6. The first-order chi connectivity index (χ1) is 21.0. The van der Waals surface area contributed by atoms with Crippen molar-refractivity contribution < 1.29 is 19.5 Å². The number of benzene rings is 3. The molecule has 4 amide bonds. The lowest BCUT2D eigenvalue weighted by Gasteiger charge is -2.54. The van der Waals surface area contributed by atoms with Crippen LogP contribution in [0.1, 0.15) is 30.5 Å². The number of carbonyl (C=O) groups excluding carboxylic acids is 3. The zero-order valence-corrected chi connectivity index (χ0v) is 26.2. The first kappa shape index (κ1) is 31.2. The zero-order valence-electron chi connectivity index (χ0n) is 25.5. The average molecular weight is 619 g/mol. The Morgan fingerprint density at radius 3 is 2.43 bits per heavy atom. The molecule has 3 aromatic rings. The van der Waals surface area contributed by atoms with Crippen molar-refractivity contribution in [1.29, 1.82) is 0 Å². The van der Waals surface area contributed by atoms with Gasteiger partial charge in [-0.25, -0.2) is 14.8 Å². The number of rotatable bonds is 8. The second-order valence-electron chi connectivity index (χ2n) is 11.7. The molecule has 0 aliphatic carbocycles. The fourth-order valence-electron chi connectivity index (χ4n) is 5.84. The van der Waals surface area contributed by atoms with Crippen molar-refractivity contribution in [3.05, 3.63) is 94.5 Å². The van der Waals surface area contributed by atoms with Crippen molar-refractivity contribution in [2.45, 2.75) is 51.6 Å². The van der Waals surface area contributed by atoms with E-state index in [4.69, 9.17) is 11.6 Å². The molecule has 0 aromatic heterocycles. The predicted octanol–water partition coefficient (Wildman–Crippen LogP) is 4.07. The number of phenolic OH excluding ortho intramolecular Hbond substituents is 1. The Morgan fingerprint density at radius 2 is 1.75 bits per heavy atom. The normalized spacial score (nSPS) is 18.9. The van der Waals surface area contributed by atoms with Crippen molar-refractivity contribution in [3.8, 4) is 5.75 Å². The summed E-state index contributed by atoms with van der Waals surface area (Å²) in [6.07, 6.45) is -0.490. The van der Waals surface area contributed by atoms with Gasteiger partial charge in [-0.3, -0.25) is 9.59 Å². The number of urea groups is 1. The second kappa shape index (κ2) is 13.2. The van der Waals surface area contributed by atoms with Crippen LogP contribution in [0.25, 0.3) is 0 Å². The van der Waals surface area contributed by atoms with Crippen LogP contribution in [0.2, 0.25) is 5.02 Å². The Kier molecular flexibility index (Phi) is 9.31. The number of nitrogens with zero attached hydrogens (tertiary/aromatic N) is 5. The number of amides is 4. The van der Waals surface area contributed by atoms with Crippen LogP contribution in [0.3, 0.4) is 0 Å². The van der Waals surface area contributed by atoms with E-state index in [0.29, 0.717) is 11.6 Å².